The number of amides is 1. The fraction of sp³-hybridized carbons (Fsp3) is 0.333. The summed E-state index contributed by atoms with van der Waals surface area (Å²) in [7, 11) is 0. The number of benzene rings is 1. The molecule has 17 heavy (non-hydrogen) atoms. The van der Waals surface area contributed by atoms with Crippen LogP contribution in [0.3, 0.4) is 0 Å². The van der Waals surface area contributed by atoms with Crippen LogP contribution in [0.15, 0.2) is 24.3 Å². The number of carbonyl (C=O) groups is 2. The molecular weight excluding hydrogens is 242 g/mol. The summed E-state index contributed by atoms with van der Waals surface area (Å²) < 4.78 is 0. The lowest BCUT2D eigenvalue weighted by molar-refractivity contribution is -0.140. The van der Waals surface area contributed by atoms with Crippen molar-refractivity contribution in [2.24, 2.45) is 5.92 Å². The van der Waals surface area contributed by atoms with E-state index >= 15 is 0 Å². The molecule has 5 heteroatoms. The molecule has 0 saturated carbocycles. The number of hydrogen-bond donors (Lipinski definition) is 1. The van der Waals surface area contributed by atoms with Crippen molar-refractivity contribution >= 4 is 29.7 Å². The van der Waals surface area contributed by atoms with Crippen molar-refractivity contribution in [2.75, 3.05) is 4.90 Å². The molecule has 0 heterocycles. The summed E-state index contributed by atoms with van der Waals surface area (Å²) in [6, 6.07) is 5.59. The van der Waals surface area contributed by atoms with E-state index in [1.807, 2.05) is 0 Å². The fourth-order valence-electron chi connectivity index (χ4n) is 1.63. The van der Waals surface area contributed by atoms with Crippen molar-refractivity contribution in [3.8, 4) is 0 Å². The predicted octanol–water partition coefficient (Wildman–Crippen LogP) is 2.41. The van der Waals surface area contributed by atoms with Gasteiger partial charge in [0.25, 0.3) is 0 Å². The van der Waals surface area contributed by atoms with Gasteiger partial charge in [0.15, 0.2) is 0 Å². The Kier molecular flexibility index (Phi) is 4.52. The smallest absolute Gasteiger partial charge is 0.327 e. The van der Waals surface area contributed by atoms with Gasteiger partial charge in [-0.3, -0.25) is 4.79 Å². The van der Waals surface area contributed by atoms with Crippen LogP contribution >= 0.6 is 11.6 Å². The summed E-state index contributed by atoms with van der Waals surface area (Å²) in [6.45, 7) is 3.51. The molecule has 0 saturated heterocycles. The second-order valence-corrected chi connectivity index (χ2v) is 4.45. The van der Waals surface area contributed by atoms with Gasteiger partial charge in [0.05, 0.1) is 0 Å². The molecule has 1 aromatic rings. The number of carboxylic acids is 1. The molecule has 1 N–H and O–H groups in total. The molecule has 92 valence electrons. The highest BCUT2D eigenvalue weighted by atomic mass is 35.5. The summed E-state index contributed by atoms with van der Waals surface area (Å²) in [5.41, 5.74) is 0.519. The van der Waals surface area contributed by atoms with Crippen molar-refractivity contribution < 1.29 is 14.7 Å². The van der Waals surface area contributed by atoms with E-state index in [4.69, 9.17) is 16.7 Å². The Morgan fingerprint density at radius 3 is 2.24 bits per heavy atom. The number of rotatable bonds is 5. The summed E-state index contributed by atoms with van der Waals surface area (Å²) in [5.74, 6) is -1.21. The van der Waals surface area contributed by atoms with Gasteiger partial charge in [-0.1, -0.05) is 25.4 Å². The van der Waals surface area contributed by atoms with Gasteiger partial charge in [-0.15, -0.1) is 0 Å². The molecule has 0 aliphatic carbocycles. The quantitative estimate of drug-likeness (QED) is 0.822. The Morgan fingerprint density at radius 2 is 1.88 bits per heavy atom. The number of hydrogen-bond acceptors (Lipinski definition) is 2. The van der Waals surface area contributed by atoms with Crippen molar-refractivity contribution in [3.05, 3.63) is 29.3 Å². The zero-order valence-corrected chi connectivity index (χ0v) is 10.4. The molecule has 0 bridgehead atoms. The molecule has 0 unspecified atom stereocenters. The molecule has 4 nitrogen and oxygen atoms in total. The predicted molar refractivity (Wildman–Crippen MR) is 66.3 cm³/mol. The van der Waals surface area contributed by atoms with E-state index in [-0.39, 0.29) is 5.92 Å². The molecular formula is C12H14ClNO3. The molecule has 0 aliphatic rings. The van der Waals surface area contributed by atoms with Gasteiger partial charge in [-0.05, 0) is 30.2 Å². The van der Waals surface area contributed by atoms with Crippen LogP contribution in [0.1, 0.15) is 13.8 Å². The zero-order chi connectivity index (χ0) is 13.0. The minimum atomic E-state index is -1.03. The normalized spacial score (nSPS) is 12.2. The maximum absolute atomic E-state index is 11.2. The standard InChI is InChI=1S/C12H14ClNO3/c1-8(2)11(12(16)17)14(7-15)10-5-3-9(13)4-6-10/h3-8,11H,1-2H3,(H,16,17)/t11-/m0/s1. The third-order valence-electron chi connectivity index (χ3n) is 2.42. The highest BCUT2D eigenvalue weighted by molar-refractivity contribution is 6.30. The second kappa shape index (κ2) is 5.68. The summed E-state index contributed by atoms with van der Waals surface area (Å²) >= 11 is 5.74. The largest absolute Gasteiger partial charge is 0.480 e. The van der Waals surface area contributed by atoms with Crippen LogP contribution in [0.25, 0.3) is 0 Å². The Morgan fingerprint density at radius 1 is 1.35 bits per heavy atom. The van der Waals surface area contributed by atoms with Crippen molar-refractivity contribution in [3.63, 3.8) is 0 Å². The van der Waals surface area contributed by atoms with Crippen molar-refractivity contribution in [1.82, 2.24) is 0 Å². The highest BCUT2D eigenvalue weighted by Gasteiger charge is 2.28. The van der Waals surface area contributed by atoms with Gasteiger partial charge < -0.3 is 10.0 Å². The van der Waals surface area contributed by atoms with Crippen LogP contribution in [-0.4, -0.2) is 23.5 Å². The van der Waals surface area contributed by atoms with E-state index in [2.05, 4.69) is 0 Å². The monoisotopic (exact) mass is 255 g/mol. The van der Waals surface area contributed by atoms with E-state index < -0.39 is 12.0 Å². The van der Waals surface area contributed by atoms with E-state index in [9.17, 15) is 9.59 Å². The van der Waals surface area contributed by atoms with Crippen LogP contribution in [0.4, 0.5) is 5.69 Å². The fourth-order valence-corrected chi connectivity index (χ4v) is 1.75. The van der Waals surface area contributed by atoms with Crippen LogP contribution in [0, 0.1) is 5.92 Å². The number of carbonyl (C=O) groups excluding carboxylic acids is 1. The lowest BCUT2D eigenvalue weighted by Gasteiger charge is -2.27. The van der Waals surface area contributed by atoms with Crippen molar-refractivity contribution in [2.45, 2.75) is 19.9 Å². The average Bonchev–Trinajstić information content (AvgIpc) is 2.26. The second-order valence-electron chi connectivity index (χ2n) is 4.02. The minimum absolute atomic E-state index is 0.187. The summed E-state index contributed by atoms with van der Waals surface area (Å²) in [4.78, 5) is 23.4. The number of carboxylic acid groups (broad SMARTS) is 1. The first kappa shape index (κ1) is 13.5. The molecule has 0 radical (unpaired) electrons. The number of anilines is 1. The third kappa shape index (κ3) is 3.20. The van der Waals surface area contributed by atoms with Crippen LogP contribution in [0.2, 0.25) is 5.02 Å². The maximum Gasteiger partial charge on any atom is 0.327 e. The Balaban J connectivity index is 3.08. The van der Waals surface area contributed by atoms with Crippen LogP contribution in [0.5, 0.6) is 0 Å². The molecule has 1 atom stereocenters. The SMILES string of the molecule is CC(C)[C@@H](C(=O)O)N(C=O)c1ccc(Cl)cc1. The van der Waals surface area contributed by atoms with E-state index in [1.54, 1.807) is 38.1 Å². The first-order chi connectivity index (χ1) is 7.97. The maximum atomic E-state index is 11.2. The Bertz CT molecular complexity index is 403. The first-order valence-corrected chi connectivity index (χ1v) is 5.57. The molecule has 1 amide bonds. The zero-order valence-electron chi connectivity index (χ0n) is 9.63. The van der Waals surface area contributed by atoms with Gasteiger partial charge in [-0.25, -0.2) is 4.79 Å². The Hall–Kier alpha value is -1.55. The van der Waals surface area contributed by atoms with Gasteiger partial charge in [0.1, 0.15) is 6.04 Å². The van der Waals surface area contributed by atoms with Gasteiger partial charge in [-0.2, -0.15) is 0 Å². The van der Waals surface area contributed by atoms with Gasteiger partial charge in [0.2, 0.25) is 6.41 Å². The topological polar surface area (TPSA) is 57.6 Å². The van der Waals surface area contributed by atoms with Gasteiger partial charge >= 0.3 is 5.97 Å². The molecule has 0 aromatic heterocycles. The lowest BCUT2D eigenvalue weighted by Crippen LogP contribution is -2.44. The van der Waals surface area contributed by atoms with E-state index in [0.717, 1.165) is 0 Å². The number of nitrogens with zero attached hydrogens (tertiary/aromatic N) is 1. The molecule has 1 rings (SSSR count). The molecule has 0 spiro atoms. The van der Waals surface area contributed by atoms with Crippen LogP contribution in [-0.2, 0) is 9.59 Å². The molecule has 0 fully saturated rings. The van der Waals surface area contributed by atoms with Crippen LogP contribution < -0.4 is 4.90 Å². The summed E-state index contributed by atoms with van der Waals surface area (Å²) in [6.07, 6.45) is 0.530. The molecule has 1 aromatic carbocycles. The van der Waals surface area contributed by atoms with Crippen molar-refractivity contribution in [1.29, 1.82) is 0 Å². The van der Waals surface area contributed by atoms with E-state index in [1.165, 1.54) is 4.90 Å². The molecule has 0 aliphatic heterocycles. The third-order valence-corrected chi connectivity index (χ3v) is 2.67. The van der Waals surface area contributed by atoms with Gasteiger partial charge in [0, 0.05) is 10.7 Å². The lowest BCUT2D eigenvalue weighted by atomic mass is 10.0. The first-order valence-electron chi connectivity index (χ1n) is 5.19. The average molecular weight is 256 g/mol. The summed E-state index contributed by atoms with van der Waals surface area (Å²) in [5, 5.41) is 9.67. The minimum Gasteiger partial charge on any atom is -0.480 e. The number of halogens is 1. The highest BCUT2D eigenvalue weighted by Crippen LogP contribution is 2.22. The van der Waals surface area contributed by atoms with E-state index in [0.29, 0.717) is 17.1 Å². The Labute approximate surface area is 105 Å². The number of aliphatic carboxylic acids is 1.